The number of carboxylic acid groups (broad SMARTS) is 2. The molecule has 0 bridgehead atoms. The molecule has 2 aromatic rings. The van der Waals surface area contributed by atoms with E-state index in [2.05, 4.69) is 5.32 Å². The molecule has 1 fully saturated rings. The lowest BCUT2D eigenvalue weighted by Crippen LogP contribution is -2.47. The normalized spacial score (nSPS) is 16.1. The van der Waals surface area contributed by atoms with Gasteiger partial charge in [0, 0.05) is 31.5 Å². The zero-order valence-corrected chi connectivity index (χ0v) is 23.6. The van der Waals surface area contributed by atoms with E-state index in [9.17, 15) is 37.1 Å². The number of nitrogens with one attached hydrogen (secondary N) is 1. The van der Waals surface area contributed by atoms with Crippen molar-refractivity contribution in [3.8, 4) is 5.75 Å². The molecule has 236 valence electrons. The molecule has 2 amide bonds. The summed E-state index contributed by atoms with van der Waals surface area (Å²) in [7, 11) is 0. The molecule has 1 aliphatic rings. The minimum absolute atomic E-state index is 0.0350. The number of nitrogens with zero attached hydrogens (tertiary/aromatic N) is 1. The predicted octanol–water partition coefficient (Wildman–Crippen LogP) is 3.51. The number of aliphatic carboxylic acids is 2. The number of amides is 2. The van der Waals surface area contributed by atoms with Gasteiger partial charge in [-0.1, -0.05) is 44.2 Å². The highest BCUT2D eigenvalue weighted by Crippen LogP contribution is 2.21. The van der Waals surface area contributed by atoms with Crippen molar-refractivity contribution >= 4 is 23.8 Å². The Balaban J connectivity index is 0.000000821. The van der Waals surface area contributed by atoms with Crippen LogP contribution in [0.15, 0.2) is 48.5 Å². The van der Waals surface area contributed by atoms with Gasteiger partial charge in [-0.25, -0.2) is 14.0 Å². The van der Waals surface area contributed by atoms with Crippen LogP contribution in [0.25, 0.3) is 0 Å². The van der Waals surface area contributed by atoms with Crippen molar-refractivity contribution in [3.63, 3.8) is 0 Å². The molecule has 43 heavy (non-hydrogen) atoms. The van der Waals surface area contributed by atoms with E-state index in [4.69, 9.17) is 20.4 Å². The van der Waals surface area contributed by atoms with Gasteiger partial charge in [0.15, 0.2) is 6.10 Å². The molecule has 3 atom stereocenters. The van der Waals surface area contributed by atoms with E-state index in [1.54, 1.807) is 61.2 Å². The van der Waals surface area contributed by atoms with Crippen molar-refractivity contribution in [2.45, 2.75) is 70.4 Å². The van der Waals surface area contributed by atoms with Gasteiger partial charge in [-0.15, -0.1) is 0 Å². The van der Waals surface area contributed by atoms with Crippen LogP contribution >= 0.6 is 0 Å². The van der Waals surface area contributed by atoms with Crippen molar-refractivity contribution < 1.29 is 51.7 Å². The maximum Gasteiger partial charge on any atom is 0.490 e. The van der Waals surface area contributed by atoms with Crippen LogP contribution in [0.5, 0.6) is 5.75 Å². The van der Waals surface area contributed by atoms with Gasteiger partial charge in [0.1, 0.15) is 17.6 Å². The number of hydrogen-bond donors (Lipinski definition) is 4. The van der Waals surface area contributed by atoms with Gasteiger partial charge in [0.25, 0.3) is 0 Å². The van der Waals surface area contributed by atoms with E-state index in [0.29, 0.717) is 24.3 Å². The summed E-state index contributed by atoms with van der Waals surface area (Å²) in [6, 6.07) is 12.1. The highest BCUT2D eigenvalue weighted by molar-refractivity contribution is 5.88. The topological polar surface area (TPSA) is 159 Å². The number of benzene rings is 2. The number of nitrogens with two attached hydrogens (primary N) is 1. The second-order valence-electron chi connectivity index (χ2n) is 10.3. The minimum Gasteiger partial charge on any atom is -0.478 e. The van der Waals surface area contributed by atoms with Gasteiger partial charge in [0.2, 0.25) is 11.8 Å². The first kappa shape index (κ1) is 35.0. The summed E-state index contributed by atoms with van der Waals surface area (Å²) >= 11 is 0. The molecule has 10 nitrogen and oxygen atoms in total. The van der Waals surface area contributed by atoms with E-state index < -0.39 is 36.3 Å². The van der Waals surface area contributed by atoms with Crippen molar-refractivity contribution in [2.75, 3.05) is 6.54 Å². The Bertz CT molecular complexity index is 1260. The van der Waals surface area contributed by atoms with E-state index in [1.165, 1.54) is 6.07 Å². The summed E-state index contributed by atoms with van der Waals surface area (Å²) in [5, 5.41) is 19.3. The quantitative estimate of drug-likeness (QED) is 0.280. The second kappa shape index (κ2) is 15.9. The number of hydrogen-bond acceptors (Lipinski definition) is 6. The number of alkyl halides is 3. The molecule has 14 heteroatoms. The largest absolute Gasteiger partial charge is 0.490 e. The first-order valence-electron chi connectivity index (χ1n) is 13.4. The first-order chi connectivity index (χ1) is 20.1. The molecule has 0 saturated carbocycles. The van der Waals surface area contributed by atoms with Crippen LogP contribution in [0, 0.1) is 11.7 Å². The van der Waals surface area contributed by atoms with Crippen LogP contribution in [0.4, 0.5) is 17.6 Å². The molecule has 3 rings (SSSR count). The standard InChI is InChI=1S/C27H34FN3O5.C2HF3O2/c1-17(2)25(27(34)35)36-21-11-9-18(10-12-21)16-30-26(33)23-8-5-13-31(23)24(32)15-20(29)14-19-6-3-4-7-22(19)28;3-2(4,5)1(6)7/h3-4,6-7,9-12,17,20,23,25H,5,8,13-16,29H2,1-2H3,(H,30,33)(H,34,35);(H,6,7)/t20?,23-,25?;/m0./s1. The number of carboxylic acids is 2. The minimum atomic E-state index is -5.08. The molecule has 1 heterocycles. The lowest BCUT2D eigenvalue weighted by molar-refractivity contribution is -0.192. The Hall–Kier alpha value is -4.20. The van der Waals surface area contributed by atoms with E-state index in [-0.39, 0.29) is 42.9 Å². The Morgan fingerprint density at radius 2 is 1.67 bits per heavy atom. The molecule has 1 saturated heterocycles. The SMILES string of the molecule is CC(C)C(Oc1ccc(CNC(=O)[C@@H]2CCCN2C(=O)CC(N)Cc2ccccc2F)cc1)C(=O)O.O=C(O)C(F)(F)F. The lowest BCUT2D eigenvalue weighted by atomic mass is 10.0. The predicted molar refractivity (Wildman–Crippen MR) is 146 cm³/mol. The summed E-state index contributed by atoms with van der Waals surface area (Å²) in [4.78, 5) is 47.5. The Morgan fingerprint density at radius 1 is 1.07 bits per heavy atom. The number of halogens is 4. The molecule has 1 aliphatic heterocycles. The van der Waals surface area contributed by atoms with Crippen LogP contribution < -0.4 is 15.8 Å². The second-order valence-corrected chi connectivity index (χ2v) is 10.3. The van der Waals surface area contributed by atoms with Crippen molar-refractivity contribution in [2.24, 2.45) is 11.7 Å². The summed E-state index contributed by atoms with van der Waals surface area (Å²) in [6.07, 6.45) is -4.46. The molecule has 0 radical (unpaired) electrons. The smallest absolute Gasteiger partial charge is 0.478 e. The third kappa shape index (κ3) is 11.2. The molecule has 2 unspecified atom stereocenters. The van der Waals surface area contributed by atoms with Gasteiger partial charge in [-0.05, 0) is 48.6 Å². The molecule has 0 spiro atoms. The first-order valence-corrected chi connectivity index (χ1v) is 13.4. The molecule has 0 aliphatic carbocycles. The van der Waals surface area contributed by atoms with Crippen LogP contribution in [0.3, 0.4) is 0 Å². The maximum absolute atomic E-state index is 13.9. The number of ether oxygens (including phenoxy) is 1. The van der Waals surface area contributed by atoms with Gasteiger partial charge >= 0.3 is 18.1 Å². The van der Waals surface area contributed by atoms with Gasteiger partial charge in [0.05, 0.1) is 0 Å². The van der Waals surface area contributed by atoms with Crippen LogP contribution in [-0.4, -0.2) is 69.8 Å². The highest BCUT2D eigenvalue weighted by atomic mass is 19.4. The Morgan fingerprint density at radius 3 is 2.21 bits per heavy atom. The maximum atomic E-state index is 13.9. The average Bonchev–Trinajstić information content (AvgIpc) is 3.42. The lowest BCUT2D eigenvalue weighted by Gasteiger charge is -2.25. The van der Waals surface area contributed by atoms with Crippen LogP contribution in [0.1, 0.15) is 44.2 Å². The summed E-state index contributed by atoms with van der Waals surface area (Å²) in [5.41, 5.74) is 7.40. The monoisotopic (exact) mass is 613 g/mol. The van der Waals surface area contributed by atoms with E-state index >= 15 is 0 Å². The molecule has 5 N–H and O–H groups in total. The van der Waals surface area contributed by atoms with Crippen LogP contribution in [-0.2, 0) is 32.1 Å². The van der Waals surface area contributed by atoms with Gasteiger partial charge < -0.3 is 30.9 Å². The fourth-order valence-corrected chi connectivity index (χ4v) is 4.31. The molecule has 0 aromatic heterocycles. The van der Waals surface area contributed by atoms with Gasteiger partial charge in [-0.2, -0.15) is 13.2 Å². The summed E-state index contributed by atoms with van der Waals surface area (Å²) in [5.74, 6) is -4.33. The molecular weight excluding hydrogens is 578 g/mol. The van der Waals surface area contributed by atoms with Crippen LogP contribution in [0.2, 0.25) is 0 Å². The summed E-state index contributed by atoms with van der Waals surface area (Å²) in [6.45, 7) is 4.29. The summed E-state index contributed by atoms with van der Waals surface area (Å²) < 4.78 is 51.2. The van der Waals surface area contributed by atoms with Gasteiger partial charge in [-0.3, -0.25) is 9.59 Å². The fraction of sp³-hybridized carbons (Fsp3) is 0.448. The van der Waals surface area contributed by atoms with E-state index in [0.717, 1.165) is 12.0 Å². The fourth-order valence-electron chi connectivity index (χ4n) is 4.31. The Labute approximate surface area is 245 Å². The zero-order valence-electron chi connectivity index (χ0n) is 23.6. The molecule has 2 aromatic carbocycles. The van der Waals surface area contributed by atoms with Crippen molar-refractivity contribution in [3.05, 3.63) is 65.5 Å². The molecular formula is C29H35F4N3O7. The average molecular weight is 614 g/mol. The van der Waals surface area contributed by atoms with Crippen molar-refractivity contribution in [1.82, 2.24) is 10.2 Å². The third-order valence-corrected chi connectivity index (χ3v) is 6.50. The highest BCUT2D eigenvalue weighted by Gasteiger charge is 2.38. The van der Waals surface area contributed by atoms with Crippen molar-refractivity contribution in [1.29, 1.82) is 0 Å². The number of rotatable bonds is 11. The number of carbonyl (C=O) groups is 4. The van der Waals surface area contributed by atoms with E-state index in [1.807, 2.05) is 0 Å². The number of likely N-dealkylation sites (tertiary alicyclic amines) is 1. The third-order valence-electron chi connectivity index (χ3n) is 6.50. The zero-order chi connectivity index (χ0) is 32.3. The Kier molecular flexibility index (Phi) is 12.9. The number of carbonyl (C=O) groups excluding carboxylic acids is 2.